The van der Waals surface area contributed by atoms with Gasteiger partial charge in [-0.3, -0.25) is 9.59 Å². The Morgan fingerprint density at radius 3 is 2.55 bits per heavy atom. The van der Waals surface area contributed by atoms with E-state index >= 15 is 0 Å². The molecule has 0 radical (unpaired) electrons. The number of H-pyrrole nitrogens is 1. The smallest absolute Gasteiger partial charge is 0.222 e. The molecule has 0 aliphatic rings. The summed E-state index contributed by atoms with van der Waals surface area (Å²) in [6.07, 6.45) is 3.02. The maximum absolute atomic E-state index is 12.2. The van der Waals surface area contributed by atoms with Crippen LogP contribution >= 0.6 is 0 Å². The molecule has 2 amide bonds. The maximum atomic E-state index is 12.2. The molecule has 152 valence electrons. The van der Waals surface area contributed by atoms with Crippen molar-refractivity contribution in [2.75, 3.05) is 20.2 Å². The highest BCUT2D eigenvalue weighted by Crippen LogP contribution is 2.18. The fourth-order valence-electron chi connectivity index (χ4n) is 3.29. The number of nitrogens with zero attached hydrogens (tertiary/aromatic N) is 1. The third kappa shape index (κ3) is 5.60. The lowest BCUT2D eigenvalue weighted by molar-refractivity contribution is -0.129. The van der Waals surface area contributed by atoms with Crippen LogP contribution in [0.25, 0.3) is 10.9 Å². The van der Waals surface area contributed by atoms with Gasteiger partial charge in [0.1, 0.15) is 5.75 Å². The van der Waals surface area contributed by atoms with E-state index in [1.807, 2.05) is 48.7 Å². The summed E-state index contributed by atoms with van der Waals surface area (Å²) < 4.78 is 5.13. The number of methoxy groups -OCH3 is 1. The first-order chi connectivity index (χ1) is 14.1. The van der Waals surface area contributed by atoms with Crippen LogP contribution in [0, 0.1) is 0 Å². The predicted octanol–water partition coefficient (Wildman–Crippen LogP) is 3.27. The van der Waals surface area contributed by atoms with Gasteiger partial charge in [0.05, 0.1) is 7.11 Å². The third-order valence-electron chi connectivity index (χ3n) is 5.03. The molecule has 0 fully saturated rings. The number of ether oxygens (including phenoxy) is 1. The molecule has 0 aliphatic heterocycles. The van der Waals surface area contributed by atoms with Crippen molar-refractivity contribution in [1.82, 2.24) is 15.2 Å². The van der Waals surface area contributed by atoms with E-state index in [9.17, 15) is 9.59 Å². The van der Waals surface area contributed by atoms with Crippen LogP contribution in [0.5, 0.6) is 5.75 Å². The Morgan fingerprint density at radius 2 is 1.83 bits per heavy atom. The molecule has 0 bridgehead atoms. The van der Waals surface area contributed by atoms with E-state index in [0.717, 1.165) is 23.3 Å². The van der Waals surface area contributed by atoms with E-state index in [4.69, 9.17) is 4.74 Å². The number of hydrogen-bond acceptors (Lipinski definition) is 3. The SMILES string of the molecule is COc1ccc(CNC(=O)CCN(CCc2c[nH]c3ccccc23)C(C)=O)cc1. The van der Waals surface area contributed by atoms with Gasteiger partial charge < -0.3 is 19.9 Å². The normalized spacial score (nSPS) is 10.7. The van der Waals surface area contributed by atoms with Gasteiger partial charge in [-0.05, 0) is 35.7 Å². The van der Waals surface area contributed by atoms with Crippen molar-refractivity contribution in [3.63, 3.8) is 0 Å². The number of amides is 2. The second kappa shape index (κ2) is 9.78. The summed E-state index contributed by atoms with van der Waals surface area (Å²) in [7, 11) is 1.62. The molecule has 0 saturated heterocycles. The summed E-state index contributed by atoms with van der Waals surface area (Å²) in [6, 6.07) is 15.7. The van der Waals surface area contributed by atoms with Gasteiger partial charge in [-0.25, -0.2) is 0 Å². The fraction of sp³-hybridized carbons (Fsp3) is 0.304. The van der Waals surface area contributed by atoms with Gasteiger partial charge in [0.15, 0.2) is 0 Å². The number of hydrogen-bond donors (Lipinski definition) is 2. The van der Waals surface area contributed by atoms with E-state index in [1.54, 1.807) is 18.9 Å². The lowest BCUT2D eigenvalue weighted by atomic mass is 10.1. The second-order valence-electron chi connectivity index (χ2n) is 6.99. The first-order valence-corrected chi connectivity index (χ1v) is 9.77. The van der Waals surface area contributed by atoms with Crippen molar-refractivity contribution >= 4 is 22.7 Å². The van der Waals surface area contributed by atoms with Crippen molar-refractivity contribution in [2.45, 2.75) is 26.3 Å². The van der Waals surface area contributed by atoms with Crippen molar-refractivity contribution in [2.24, 2.45) is 0 Å². The zero-order valence-corrected chi connectivity index (χ0v) is 16.9. The highest BCUT2D eigenvalue weighted by atomic mass is 16.5. The zero-order valence-electron chi connectivity index (χ0n) is 16.9. The minimum atomic E-state index is -0.0702. The van der Waals surface area contributed by atoms with Crippen molar-refractivity contribution in [3.05, 3.63) is 65.9 Å². The lowest BCUT2D eigenvalue weighted by Crippen LogP contribution is -2.35. The molecule has 0 saturated carbocycles. The first kappa shape index (κ1) is 20.5. The summed E-state index contributed by atoms with van der Waals surface area (Å²) in [5.74, 6) is 0.694. The summed E-state index contributed by atoms with van der Waals surface area (Å²) in [4.78, 5) is 29.2. The number of para-hydroxylation sites is 1. The topological polar surface area (TPSA) is 74.4 Å². The van der Waals surface area contributed by atoms with Gasteiger partial charge in [-0.15, -0.1) is 0 Å². The number of rotatable bonds is 9. The Bertz CT molecular complexity index is 963. The summed E-state index contributed by atoms with van der Waals surface area (Å²) in [5, 5.41) is 4.08. The second-order valence-corrected chi connectivity index (χ2v) is 6.99. The minimum absolute atomic E-state index is 0.0206. The number of fused-ring (bicyclic) bond motifs is 1. The molecule has 6 nitrogen and oxygen atoms in total. The average molecular weight is 393 g/mol. The molecular weight excluding hydrogens is 366 g/mol. The zero-order chi connectivity index (χ0) is 20.6. The fourth-order valence-corrected chi connectivity index (χ4v) is 3.29. The van der Waals surface area contributed by atoms with E-state index in [-0.39, 0.29) is 18.2 Å². The molecule has 0 atom stereocenters. The molecule has 1 heterocycles. The number of aromatic nitrogens is 1. The molecule has 1 aromatic heterocycles. The first-order valence-electron chi connectivity index (χ1n) is 9.77. The summed E-state index contributed by atoms with van der Waals surface area (Å²) in [6.45, 7) is 3.00. The highest BCUT2D eigenvalue weighted by Gasteiger charge is 2.12. The Hall–Kier alpha value is -3.28. The Balaban J connectivity index is 1.47. The molecule has 2 aromatic carbocycles. The Morgan fingerprint density at radius 1 is 1.07 bits per heavy atom. The molecule has 29 heavy (non-hydrogen) atoms. The monoisotopic (exact) mass is 393 g/mol. The van der Waals surface area contributed by atoms with Crippen LogP contribution in [0.2, 0.25) is 0 Å². The number of aromatic amines is 1. The summed E-state index contributed by atoms with van der Waals surface area (Å²) >= 11 is 0. The standard InChI is InChI=1S/C23H27N3O3/c1-17(27)26(13-11-19-16-24-22-6-4-3-5-21(19)22)14-12-23(28)25-15-18-7-9-20(29-2)10-8-18/h3-10,16,24H,11-15H2,1-2H3,(H,25,28). The Labute approximate surface area is 170 Å². The van der Waals surface area contributed by atoms with Gasteiger partial charge in [0.2, 0.25) is 11.8 Å². The maximum Gasteiger partial charge on any atom is 0.222 e. The average Bonchev–Trinajstić information content (AvgIpc) is 3.15. The van der Waals surface area contributed by atoms with Crippen LogP contribution in [0.3, 0.4) is 0 Å². The van der Waals surface area contributed by atoms with Crippen molar-refractivity contribution in [1.29, 1.82) is 0 Å². The quantitative estimate of drug-likeness (QED) is 0.586. The molecule has 0 unspecified atom stereocenters. The van der Waals surface area contributed by atoms with E-state index in [0.29, 0.717) is 19.6 Å². The molecule has 0 spiro atoms. The van der Waals surface area contributed by atoms with Gasteiger partial charge >= 0.3 is 0 Å². The number of nitrogens with one attached hydrogen (secondary N) is 2. The van der Waals surface area contributed by atoms with Crippen LogP contribution < -0.4 is 10.1 Å². The van der Waals surface area contributed by atoms with E-state index in [1.165, 1.54) is 10.9 Å². The lowest BCUT2D eigenvalue weighted by Gasteiger charge is -2.20. The predicted molar refractivity (Wildman–Crippen MR) is 114 cm³/mol. The van der Waals surface area contributed by atoms with Gasteiger partial charge in [0, 0.05) is 50.1 Å². The Kier molecular flexibility index (Phi) is 6.89. The molecule has 2 N–H and O–H groups in total. The van der Waals surface area contributed by atoms with E-state index in [2.05, 4.69) is 16.4 Å². The van der Waals surface area contributed by atoms with Gasteiger partial charge in [-0.2, -0.15) is 0 Å². The van der Waals surface area contributed by atoms with Gasteiger partial charge in [-0.1, -0.05) is 30.3 Å². The van der Waals surface area contributed by atoms with Crippen LogP contribution in [-0.2, 0) is 22.6 Å². The molecule has 0 aliphatic carbocycles. The third-order valence-corrected chi connectivity index (χ3v) is 5.03. The summed E-state index contributed by atoms with van der Waals surface area (Å²) in [5.41, 5.74) is 3.27. The van der Waals surface area contributed by atoms with Crippen molar-refractivity contribution in [3.8, 4) is 5.75 Å². The van der Waals surface area contributed by atoms with Crippen molar-refractivity contribution < 1.29 is 14.3 Å². The highest BCUT2D eigenvalue weighted by molar-refractivity contribution is 5.83. The molecule has 3 aromatic rings. The van der Waals surface area contributed by atoms with Gasteiger partial charge in [0.25, 0.3) is 0 Å². The van der Waals surface area contributed by atoms with Crippen LogP contribution in [0.15, 0.2) is 54.7 Å². The number of carbonyl (C=O) groups is 2. The largest absolute Gasteiger partial charge is 0.497 e. The molecule has 6 heteroatoms. The molecular formula is C23H27N3O3. The number of benzene rings is 2. The minimum Gasteiger partial charge on any atom is -0.497 e. The molecule has 3 rings (SSSR count). The van der Waals surface area contributed by atoms with E-state index < -0.39 is 0 Å². The number of carbonyl (C=O) groups excluding carboxylic acids is 2. The van der Waals surface area contributed by atoms with Crippen LogP contribution in [0.1, 0.15) is 24.5 Å². The van der Waals surface area contributed by atoms with Crippen LogP contribution in [-0.4, -0.2) is 41.9 Å². The van der Waals surface area contributed by atoms with Crippen LogP contribution in [0.4, 0.5) is 0 Å².